The molecule has 18 heavy (non-hydrogen) atoms. The lowest BCUT2D eigenvalue weighted by Gasteiger charge is -2.33. The van der Waals surface area contributed by atoms with Crippen molar-refractivity contribution in [1.29, 1.82) is 0 Å². The maximum Gasteiger partial charge on any atom is 0.411 e. The number of nitrogens with zero attached hydrogens (tertiary/aromatic N) is 1. The van der Waals surface area contributed by atoms with Gasteiger partial charge in [0.25, 0.3) is 0 Å². The van der Waals surface area contributed by atoms with Crippen LogP contribution in [0.1, 0.15) is 40.5 Å². The Morgan fingerprint density at radius 3 is 2.39 bits per heavy atom. The van der Waals surface area contributed by atoms with Gasteiger partial charge >= 0.3 is 12.1 Å². The zero-order valence-electron chi connectivity index (χ0n) is 11.1. The molecule has 0 radical (unpaired) electrons. The molecule has 1 unspecified atom stereocenters. The Morgan fingerprint density at radius 2 is 2.00 bits per heavy atom. The van der Waals surface area contributed by atoms with Crippen molar-refractivity contribution in [2.75, 3.05) is 6.54 Å². The zero-order chi connectivity index (χ0) is 14.1. The number of carboxylic acid groups (broad SMARTS) is 1. The molecular weight excluding hydrogens is 238 g/mol. The smallest absolute Gasteiger partial charge is 0.411 e. The van der Waals surface area contributed by atoms with E-state index in [1.807, 2.05) is 0 Å². The average Bonchev–Trinajstić information content (AvgIpc) is 2.53. The van der Waals surface area contributed by atoms with Crippen LogP contribution >= 0.6 is 0 Å². The second kappa shape index (κ2) is 4.59. The molecule has 102 valence electrons. The molecule has 1 saturated heterocycles. The zero-order valence-corrected chi connectivity index (χ0v) is 11.1. The van der Waals surface area contributed by atoms with Crippen LogP contribution in [0.15, 0.2) is 0 Å². The number of hydrogen-bond acceptors (Lipinski definition) is 4. The van der Waals surface area contributed by atoms with Crippen LogP contribution in [0.25, 0.3) is 0 Å². The summed E-state index contributed by atoms with van der Waals surface area (Å²) in [6.07, 6.45) is -0.655. The molecule has 6 heteroatoms. The summed E-state index contributed by atoms with van der Waals surface area (Å²) in [5, 5.41) is 9.28. The number of carboxylic acids is 1. The number of carbonyl (C=O) groups is 3. The minimum atomic E-state index is -1.76. The summed E-state index contributed by atoms with van der Waals surface area (Å²) in [6, 6.07) is 0. The molecular formula is C12H19NO5. The van der Waals surface area contributed by atoms with Gasteiger partial charge in [-0.1, -0.05) is 6.92 Å². The molecule has 1 N–H and O–H groups in total. The van der Waals surface area contributed by atoms with Gasteiger partial charge in [0.1, 0.15) is 5.60 Å². The molecule has 1 atom stereocenters. The SMILES string of the molecule is CCC1(C(=O)O)C(=O)CCN1C(=O)OC(C)(C)C. The van der Waals surface area contributed by atoms with E-state index < -0.39 is 29.0 Å². The predicted molar refractivity (Wildman–Crippen MR) is 63.2 cm³/mol. The van der Waals surface area contributed by atoms with E-state index in [9.17, 15) is 19.5 Å². The summed E-state index contributed by atoms with van der Waals surface area (Å²) >= 11 is 0. The van der Waals surface area contributed by atoms with Crippen LogP contribution in [-0.2, 0) is 14.3 Å². The normalized spacial score (nSPS) is 24.2. The highest BCUT2D eigenvalue weighted by atomic mass is 16.6. The van der Waals surface area contributed by atoms with Crippen molar-refractivity contribution in [3.8, 4) is 0 Å². The molecule has 0 aromatic carbocycles. The summed E-state index contributed by atoms with van der Waals surface area (Å²) in [5.74, 6) is -1.73. The Kier molecular flexibility index (Phi) is 3.69. The number of ether oxygens (including phenoxy) is 1. The van der Waals surface area contributed by atoms with Gasteiger partial charge in [0, 0.05) is 13.0 Å². The summed E-state index contributed by atoms with van der Waals surface area (Å²) < 4.78 is 5.15. The molecule has 1 rings (SSSR count). The van der Waals surface area contributed by atoms with Gasteiger partial charge in [0.15, 0.2) is 5.78 Å². The highest BCUT2D eigenvalue weighted by Crippen LogP contribution is 2.31. The first-order chi connectivity index (χ1) is 8.15. The van der Waals surface area contributed by atoms with Gasteiger partial charge in [-0.05, 0) is 27.2 Å². The van der Waals surface area contributed by atoms with E-state index >= 15 is 0 Å². The van der Waals surface area contributed by atoms with Crippen LogP contribution in [0.4, 0.5) is 4.79 Å². The molecule has 0 saturated carbocycles. The molecule has 0 aliphatic carbocycles. The van der Waals surface area contributed by atoms with E-state index in [0.29, 0.717) is 0 Å². The molecule has 1 fully saturated rings. The fourth-order valence-corrected chi connectivity index (χ4v) is 2.10. The molecule has 1 aliphatic heterocycles. The fourth-order valence-electron chi connectivity index (χ4n) is 2.10. The number of amides is 1. The highest BCUT2D eigenvalue weighted by Gasteiger charge is 2.56. The van der Waals surface area contributed by atoms with Crippen molar-refractivity contribution in [1.82, 2.24) is 4.90 Å². The molecule has 1 aliphatic rings. The van der Waals surface area contributed by atoms with Gasteiger partial charge < -0.3 is 9.84 Å². The Hall–Kier alpha value is -1.59. The third-order valence-corrected chi connectivity index (χ3v) is 2.96. The largest absolute Gasteiger partial charge is 0.479 e. The highest BCUT2D eigenvalue weighted by molar-refractivity contribution is 6.11. The van der Waals surface area contributed by atoms with E-state index in [-0.39, 0.29) is 19.4 Å². The van der Waals surface area contributed by atoms with Crippen molar-refractivity contribution in [3.63, 3.8) is 0 Å². The van der Waals surface area contributed by atoms with Crippen LogP contribution in [0, 0.1) is 0 Å². The van der Waals surface area contributed by atoms with Gasteiger partial charge in [0.2, 0.25) is 5.54 Å². The second-order valence-corrected chi connectivity index (χ2v) is 5.32. The molecule has 1 heterocycles. The standard InChI is InChI=1S/C12H19NO5/c1-5-12(9(15)16)8(14)6-7-13(12)10(17)18-11(2,3)4/h5-7H2,1-4H3,(H,15,16). The first-order valence-electron chi connectivity index (χ1n) is 5.92. The number of ketones is 1. The van der Waals surface area contributed by atoms with E-state index in [2.05, 4.69) is 0 Å². The maximum absolute atomic E-state index is 12.0. The van der Waals surface area contributed by atoms with Crippen molar-refractivity contribution in [2.24, 2.45) is 0 Å². The summed E-state index contributed by atoms with van der Waals surface area (Å²) in [7, 11) is 0. The molecule has 0 aromatic heterocycles. The fraction of sp³-hybridized carbons (Fsp3) is 0.750. The van der Waals surface area contributed by atoms with Crippen molar-refractivity contribution in [3.05, 3.63) is 0 Å². The predicted octanol–water partition coefficient (Wildman–Crippen LogP) is 1.43. The van der Waals surface area contributed by atoms with Crippen LogP contribution in [-0.4, -0.2) is 45.5 Å². The second-order valence-electron chi connectivity index (χ2n) is 5.32. The quantitative estimate of drug-likeness (QED) is 0.756. The third kappa shape index (κ3) is 2.32. The van der Waals surface area contributed by atoms with Gasteiger partial charge in [-0.25, -0.2) is 9.59 Å². The monoisotopic (exact) mass is 257 g/mol. The van der Waals surface area contributed by atoms with Crippen LogP contribution in [0.2, 0.25) is 0 Å². The summed E-state index contributed by atoms with van der Waals surface area (Å²) in [5.41, 5.74) is -2.48. The number of rotatable bonds is 2. The Balaban J connectivity index is 3.04. The first kappa shape index (κ1) is 14.5. The van der Waals surface area contributed by atoms with Crippen LogP contribution < -0.4 is 0 Å². The lowest BCUT2D eigenvalue weighted by Crippen LogP contribution is -2.57. The summed E-state index contributed by atoms with van der Waals surface area (Å²) in [4.78, 5) is 36.2. The van der Waals surface area contributed by atoms with Crippen LogP contribution in [0.5, 0.6) is 0 Å². The lowest BCUT2D eigenvalue weighted by atomic mass is 9.92. The molecule has 0 bridgehead atoms. The average molecular weight is 257 g/mol. The first-order valence-corrected chi connectivity index (χ1v) is 5.92. The number of aliphatic carboxylic acids is 1. The van der Waals surface area contributed by atoms with E-state index in [0.717, 1.165) is 4.90 Å². The maximum atomic E-state index is 12.0. The van der Waals surface area contributed by atoms with Gasteiger partial charge in [0.05, 0.1) is 0 Å². The van der Waals surface area contributed by atoms with Gasteiger partial charge in [-0.2, -0.15) is 0 Å². The van der Waals surface area contributed by atoms with Gasteiger partial charge in [-0.3, -0.25) is 9.69 Å². The van der Waals surface area contributed by atoms with Gasteiger partial charge in [-0.15, -0.1) is 0 Å². The van der Waals surface area contributed by atoms with Crippen molar-refractivity contribution < 1.29 is 24.2 Å². The minimum absolute atomic E-state index is 0.0421. The van der Waals surface area contributed by atoms with Crippen molar-refractivity contribution >= 4 is 17.8 Å². The third-order valence-electron chi connectivity index (χ3n) is 2.96. The number of hydrogen-bond donors (Lipinski definition) is 1. The Labute approximate surface area is 106 Å². The minimum Gasteiger partial charge on any atom is -0.479 e. The number of carbonyl (C=O) groups excluding carboxylic acids is 2. The van der Waals surface area contributed by atoms with E-state index in [1.54, 1.807) is 27.7 Å². The topological polar surface area (TPSA) is 83.9 Å². The molecule has 0 aromatic rings. The van der Waals surface area contributed by atoms with Crippen LogP contribution in [0.3, 0.4) is 0 Å². The number of Topliss-reactive ketones (excluding diaryl/α,β-unsaturated/α-hetero) is 1. The van der Waals surface area contributed by atoms with E-state index in [4.69, 9.17) is 4.74 Å². The van der Waals surface area contributed by atoms with Crippen molar-refractivity contribution in [2.45, 2.75) is 51.7 Å². The molecule has 0 spiro atoms. The molecule has 1 amide bonds. The molecule has 6 nitrogen and oxygen atoms in total. The Morgan fingerprint density at radius 1 is 1.44 bits per heavy atom. The number of likely N-dealkylation sites (tertiary alicyclic amines) is 1. The van der Waals surface area contributed by atoms with E-state index in [1.165, 1.54) is 0 Å². The summed E-state index contributed by atoms with van der Waals surface area (Å²) in [6.45, 7) is 6.74. The lowest BCUT2D eigenvalue weighted by molar-refractivity contribution is -0.153. The Bertz CT molecular complexity index is 384.